The van der Waals surface area contributed by atoms with Crippen molar-refractivity contribution in [3.63, 3.8) is 0 Å². The first kappa shape index (κ1) is 13.2. The Morgan fingerprint density at radius 3 is 2.90 bits per heavy atom. The lowest BCUT2D eigenvalue weighted by Gasteiger charge is -2.06. The molecule has 0 unspecified atom stereocenters. The number of carbonyl (C=O) groups is 1. The van der Waals surface area contributed by atoms with Gasteiger partial charge < -0.3 is 14.5 Å². The van der Waals surface area contributed by atoms with E-state index in [2.05, 4.69) is 5.32 Å². The van der Waals surface area contributed by atoms with Crippen molar-refractivity contribution in [3.8, 4) is 5.75 Å². The van der Waals surface area contributed by atoms with Gasteiger partial charge in [-0.15, -0.1) is 0 Å². The first-order valence-electron chi connectivity index (χ1n) is 6.74. The predicted octanol–water partition coefficient (Wildman–Crippen LogP) is 2.88. The van der Waals surface area contributed by atoms with Gasteiger partial charge in [-0.3, -0.25) is 4.79 Å². The number of rotatable bonds is 4. The van der Waals surface area contributed by atoms with Gasteiger partial charge in [-0.2, -0.15) is 0 Å². The van der Waals surface area contributed by atoms with E-state index in [1.807, 2.05) is 65.3 Å². The Morgan fingerprint density at radius 1 is 1.19 bits per heavy atom. The van der Waals surface area contributed by atoms with Crippen molar-refractivity contribution in [2.24, 2.45) is 0 Å². The van der Waals surface area contributed by atoms with E-state index < -0.39 is 0 Å². The number of nitrogens with zero attached hydrogens (tertiary/aromatic N) is 1. The number of nitrogens with one attached hydrogen (secondary N) is 1. The van der Waals surface area contributed by atoms with Crippen molar-refractivity contribution in [2.75, 3.05) is 7.11 Å². The number of hydrogen-bond acceptors (Lipinski definition) is 2. The summed E-state index contributed by atoms with van der Waals surface area (Å²) in [6, 6.07) is 15.4. The molecule has 4 heteroatoms. The number of methoxy groups -OCH3 is 1. The summed E-state index contributed by atoms with van der Waals surface area (Å²) in [6.45, 7) is 0.474. The molecule has 0 radical (unpaired) electrons. The number of hydrogen-bond donors (Lipinski definition) is 1. The van der Waals surface area contributed by atoms with Crippen LogP contribution in [0.2, 0.25) is 0 Å². The molecule has 1 N–H and O–H groups in total. The zero-order valence-electron chi connectivity index (χ0n) is 11.7. The summed E-state index contributed by atoms with van der Waals surface area (Å²) in [5.74, 6) is 0.706. The molecular weight excluding hydrogens is 264 g/mol. The average Bonchev–Trinajstić information content (AvgIpc) is 2.97. The molecule has 4 nitrogen and oxygen atoms in total. The van der Waals surface area contributed by atoms with Gasteiger partial charge >= 0.3 is 0 Å². The molecule has 0 aliphatic carbocycles. The lowest BCUT2D eigenvalue weighted by molar-refractivity contribution is 0.0951. The summed E-state index contributed by atoms with van der Waals surface area (Å²) < 4.78 is 7.10. The van der Waals surface area contributed by atoms with Crippen LogP contribution in [0.4, 0.5) is 0 Å². The molecule has 0 aliphatic heterocycles. The molecule has 1 aromatic carbocycles. The maximum atomic E-state index is 12.2. The Kier molecular flexibility index (Phi) is 3.60. The molecule has 0 bridgehead atoms. The highest BCUT2D eigenvalue weighted by atomic mass is 16.5. The number of aromatic nitrogens is 1. The Hall–Kier alpha value is -2.75. The van der Waals surface area contributed by atoms with Crippen LogP contribution in [0.1, 0.15) is 15.9 Å². The molecule has 21 heavy (non-hydrogen) atoms. The SMILES string of the molecule is COc1cccc(CNC(=O)c2cc3ccccn3c2)c1. The normalized spacial score (nSPS) is 10.5. The van der Waals surface area contributed by atoms with Crippen LogP contribution in [0.3, 0.4) is 0 Å². The van der Waals surface area contributed by atoms with Crippen LogP contribution >= 0.6 is 0 Å². The molecule has 0 aliphatic rings. The third-order valence-corrected chi connectivity index (χ3v) is 3.35. The van der Waals surface area contributed by atoms with Gasteiger partial charge in [-0.1, -0.05) is 18.2 Å². The molecule has 0 atom stereocenters. The number of pyridine rings is 1. The lowest BCUT2D eigenvalue weighted by Crippen LogP contribution is -2.22. The van der Waals surface area contributed by atoms with Crippen molar-refractivity contribution < 1.29 is 9.53 Å². The highest BCUT2D eigenvalue weighted by Crippen LogP contribution is 2.13. The van der Waals surface area contributed by atoms with Crippen LogP contribution in [0.15, 0.2) is 60.9 Å². The van der Waals surface area contributed by atoms with Gasteiger partial charge in [0.2, 0.25) is 0 Å². The van der Waals surface area contributed by atoms with E-state index in [1.54, 1.807) is 7.11 Å². The van der Waals surface area contributed by atoms with Crippen molar-refractivity contribution in [2.45, 2.75) is 6.54 Å². The van der Waals surface area contributed by atoms with Crippen LogP contribution in [0.5, 0.6) is 5.75 Å². The Balaban J connectivity index is 1.71. The second kappa shape index (κ2) is 5.71. The fraction of sp³-hybridized carbons (Fsp3) is 0.118. The zero-order chi connectivity index (χ0) is 14.7. The number of amides is 1. The number of carbonyl (C=O) groups excluding carboxylic acids is 1. The maximum absolute atomic E-state index is 12.2. The molecule has 3 rings (SSSR count). The fourth-order valence-electron chi connectivity index (χ4n) is 2.25. The van der Waals surface area contributed by atoms with Gasteiger partial charge in [0.15, 0.2) is 0 Å². The molecule has 0 saturated heterocycles. The first-order valence-corrected chi connectivity index (χ1v) is 6.74. The van der Waals surface area contributed by atoms with Crippen LogP contribution in [0, 0.1) is 0 Å². The minimum absolute atomic E-state index is 0.0819. The van der Waals surface area contributed by atoms with Crippen LogP contribution in [-0.4, -0.2) is 17.4 Å². The third kappa shape index (κ3) is 2.89. The molecule has 106 valence electrons. The quantitative estimate of drug-likeness (QED) is 0.798. The summed E-state index contributed by atoms with van der Waals surface area (Å²) in [5.41, 5.74) is 2.67. The van der Waals surface area contributed by atoms with Crippen molar-refractivity contribution in [3.05, 3.63) is 72.1 Å². The molecular formula is C17H16N2O2. The van der Waals surface area contributed by atoms with E-state index in [9.17, 15) is 4.79 Å². The third-order valence-electron chi connectivity index (χ3n) is 3.35. The van der Waals surface area contributed by atoms with E-state index in [0.29, 0.717) is 12.1 Å². The van der Waals surface area contributed by atoms with Crippen molar-refractivity contribution in [1.29, 1.82) is 0 Å². The summed E-state index contributed by atoms with van der Waals surface area (Å²) in [5, 5.41) is 2.92. The molecule has 3 aromatic rings. The van der Waals surface area contributed by atoms with E-state index in [0.717, 1.165) is 16.8 Å². The summed E-state index contributed by atoms with van der Waals surface area (Å²) in [4.78, 5) is 12.2. The predicted molar refractivity (Wildman–Crippen MR) is 81.6 cm³/mol. The number of benzene rings is 1. The number of fused-ring (bicyclic) bond motifs is 1. The average molecular weight is 280 g/mol. The first-order chi connectivity index (χ1) is 10.3. The molecule has 2 heterocycles. The maximum Gasteiger partial charge on any atom is 0.253 e. The van der Waals surface area contributed by atoms with Gasteiger partial charge in [-0.05, 0) is 35.9 Å². The minimum Gasteiger partial charge on any atom is -0.497 e. The van der Waals surface area contributed by atoms with E-state index in [1.165, 1.54) is 0 Å². The monoisotopic (exact) mass is 280 g/mol. The van der Waals surface area contributed by atoms with Crippen LogP contribution < -0.4 is 10.1 Å². The van der Waals surface area contributed by atoms with Crippen molar-refractivity contribution >= 4 is 11.4 Å². The Morgan fingerprint density at radius 2 is 2.10 bits per heavy atom. The minimum atomic E-state index is -0.0819. The second-order valence-corrected chi connectivity index (χ2v) is 4.80. The van der Waals surface area contributed by atoms with Crippen molar-refractivity contribution in [1.82, 2.24) is 9.72 Å². The summed E-state index contributed by atoms with van der Waals surface area (Å²) in [7, 11) is 1.63. The second-order valence-electron chi connectivity index (χ2n) is 4.80. The van der Waals surface area contributed by atoms with Gasteiger partial charge in [0.1, 0.15) is 5.75 Å². The molecule has 0 fully saturated rings. The van der Waals surface area contributed by atoms with E-state index in [-0.39, 0.29) is 5.91 Å². The van der Waals surface area contributed by atoms with Crippen LogP contribution in [-0.2, 0) is 6.54 Å². The molecule has 1 amide bonds. The topological polar surface area (TPSA) is 42.7 Å². The Labute approximate surface area is 123 Å². The van der Waals surface area contributed by atoms with Gasteiger partial charge in [0.05, 0.1) is 12.7 Å². The number of ether oxygens (including phenoxy) is 1. The molecule has 0 saturated carbocycles. The smallest absolute Gasteiger partial charge is 0.253 e. The summed E-state index contributed by atoms with van der Waals surface area (Å²) >= 11 is 0. The van der Waals surface area contributed by atoms with Gasteiger partial charge in [0, 0.05) is 24.5 Å². The van der Waals surface area contributed by atoms with Gasteiger partial charge in [-0.25, -0.2) is 0 Å². The van der Waals surface area contributed by atoms with Gasteiger partial charge in [0.25, 0.3) is 5.91 Å². The standard InChI is InChI=1S/C17H16N2O2/c1-21-16-7-4-5-13(9-16)11-18-17(20)14-10-15-6-2-3-8-19(15)12-14/h2-10,12H,11H2,1H3,(H,18,20). The fourth-order valence-corrected chi connectivity index (χ4v) is 2.25. The van der Waals surface area contributed by atoms with E-state index in [4.69, 9.17) is 4.74 Å². The highest BCUT2D eigenvalue weighted by Gasteiger charge is 2.08. The van der Waals surface area contributed by atoms with E-state index >= 15 is 0 Å². The lowest BCUT2D eigenvalue weighted by atomic mass is 10.2. The molecule has 2 aromatic heterocycles. The van der Waals surface area contributed by atoms with Crippen LogP contribution in [0.25, 0.3) is 5.52 Å². The largest absolute Gasteiger partial charge is 0.497 e. The summed E-state index contributed by atoms with van der Waals surface area (Å²) in [6.07, 6.45) is 3.75. The Bertz CT molecular complexity index is 744. The molecule has 0 spiro atoms. The zero-order valence-corrected chi connectivity index (χ0v) is 11.7. The highest BCUT2D eigenvalue weighted by molar-refractivity contribution is 5.95.